The van der Waals surface area contributed by atoms with Crippen LogP contribution < -0.4 is 0 Å². The molecule has 1 atom stereocenters. The summed E-state index contributed by atoms with van der Waals surface area (Å²) in [5.41, 5.74) is -3.94. The SMILES string of the molecule is CC1=C(C)C(=O)N(C(C)(C(=O)O)C(F)(F)F)C1=O. The highest BCUT2D eigenvalue weighted by Crippen LogP contribution is 2.39. The summed E-state index contributed by atoms with van der Waals surface area (Å²) in [5.74, 6) is -4.78. The lowest BCUT2D eigenvalue weighted by Gasteiger charge is -2.35. The molecule has 0 fully saturated rings. The summed E-state index contributed by atoms with van der Waals surface area (Å²) in [6.45, 7) is 2.64. The third kappa shape index (κ3) is 1.59. The second kappa shape index (κ2) is 3.82. The quantitative estimate of drug-likeness (QED) is 0.758. The maximum absolute atomic E-state index is 12.9. The standard InChI is InChI=1S/C10H10F3NO4/c1-4-5(2)7(16)14(6(4)15)9(3,8(17)18)10(11,12)13/h1-3H3,(H,17,18). The molecule has 1 N–H and O–H groups in total. The van der Waals surface area contributed by atoms with Gasteiger partial charge in [0.1, 0.15) is 0 Å². The van der Waals surface area contributed by atoms with E-state index in [4.69, 9.17) is 5.11 Å². The van der Waals surface area contributed by atoms with Crippen molar-refractivity contribution in [1.82, 2.24) is 4.90 Å². The number of carbonyl (C=O) groups excluding carboxylic acids is 2. The van der Waals surface area contributed by atoms with Gasteiger partial charge in [0.2, 0.25) is 5.54 Å². The number of imide groups is 1. The van der Waals surface area contributed by atoms with E-state index in [9.17, 15) is 27.6 Å². The van der Waals surface area contributed by atoms with Crippen LogP contribution in [0.15, 0.2) is 11.1 Å². The highest BCUT2D eigenvalue weighted by Gasteiger charge is 2.65. The first-order valence-electron chi connectivity index (χ1n) is 4.82. The van der Waals surface area contributed by atoms with Crippen LogP contribution in [0.3, 0.4) is 0 Å². The van der Waals surface area contributed by atoms with Gasteiger partial charge in [0.25, 0.3) is 11.8 Å². The third-order valence-electron chi connectivity index (χ3n) is 3.03. The molecular weight excluding hydrogens is 255 g/mol. The van der Waals surface area contributed by atoms with E-state index in [1.165, 1.54) is 13.8 Å². The first kappa shape index (κ1) is 14.2. The monoisotopic (exact) mass is 265 g/mol. The summed E-state index contributed by atoms with van der Waals surface area (Å²) in [7, 11) is 0. The van der Waals surface area contributed by atoms with Crippen LogP contribution in [-0.4, -0.2) is 39.5 Å². The smallest absolute Gasteiger partial charge is 0.422 e. The number of carbonyl (C=O) groups is 3. The number of hydrogen-bond donors (Lipinski definition) is 1. The van der Waals surface area contributed by atoms with Crippen molar-refractivity contribution >= 4 is 17.8 Å². The summed E-state index contributed by atoms with van der Waals surface area (Å²) in [6.07, 6.45) is -5.27. The van der Waals surface area contributed by atoms with Crippen molar-refractivity contribution in [3.63, 3.8) is 0 Å². The number of aliphatic carboxylic acids is 1. The minimum absolute atomic E-state index is 0.184. The molecule has 1 aliphatic heterocycles. The molecule has 5 nitrogen and oxygen atoms in total. The first-order chi connectivity index (χ1) is 7.96. The van der Waals surface area contributed by atoms with Crippen molar-refractivity contribution < 1.29 is 32.7 Å². The predicted molar refractivity (Wildman–Crippen MR) is 52.3 cm³/mol. The average molecular weight is 265 g/mol. The molecule has 0 aliphatic carbocycles. The van der Waals surface area contributed by atoms with Crippen LogP contribution in [0.2, 0.25) is 0 Å². The van der Waals surface area contributed by atoms with Crippen molar-refractivity contribution in [2.45, 2.75) is 32.5 Å². The summed E-state index contributed by atoms with van der Waals surface area (Å²) >= 11 is 0. The Kier molecular flexibility index (Phi) is 3.02. The molecule has 0 radical (unpaired) electrons. The van der Waals surface area contributed by atoms with Crippen molar-refractivity contribution in [3.8, 4) is 0 Å². The van der Waals surface area contributed by atoms with E-state index in [1.54, 1.807) is 0 Å². The molecule has 0 aromatic rings. The molecule has 0 aromatic heterocycles. The number of carboxylic acid groups (broad SMARTS) is 1. The van der Waals surface area contributed by atoms with Crippen molar-refractivity contribution in [1.29, 1.82) is 0 Å². The summed E-state index contributed by atoms with van der Waals surface area (Å²) in [6, 6.07) is 0. The Labute approximate surface area is 99.9 Å². The van der Waals surface area contributed by atoms with Gasteiger partial charge in [-0.1, -0.05) is 0 Å². The molecule has 18 heavy (non-hydrogen) atoms. The predicted octanol–water partition coefficient (Wildman–Crippen LogP) is 1.10. The Hall–Kier alpha value is -1.86. The van der Waals surface area contributed by atoms with Crippen LogP contribution in [0.25, 0.3) is 0 Å². The highest BCUT2D eigenvalue weighted by atomic mass is 19.4. The molecule has 0 saturated heterocycles. The van der Waals surface area contributed by atoms with Crippen LogP contribution in [-0.2, 0) is 14.4 Å². The first-order valence-corrected chi connectivity index (χ1v) is 4.82. The second-order valence-electron chi connectivity index (χ2n) is 4.07. The molecule has 1 rings (SSSR count). The molecule has 100 valence electrons. The number of nitrogens with zero attached hydrogens (tertiary/aromatic N) is 1. The van der Waals surface area contributed by atoms with Crippen LogP contribution in [0.5, 0.6) is 0 Å². The minimum atomic E-state index is -5.27. The molecule has 8 heteroatoms. The molecule has 1 heterocycles. The van der Waals surface area contributed by atoms with Crippen LogP contribution in [0.1, 0.15) is 20.8 Å². The minimum Gasteiger partial charge on any atom is -0.479 e. The summed E-state index contributed by atoms with van der Waals surface area (Å²) in [4.78, 5) is 33.8. The third-order valence-corrected chi connectivity index (χ3v) is 3.03. The zero-order valence-corrected chi connectivity index (χ0v) is 9.75. The average Bonchev–Trinajstić information content (AvgIpc) is 2.41. The normalized spacial score (nSPS) is 20.4. The number of amides is 2. The van der Waals surface area contributed by atoms with Gasteiger partial charge in [-0.25, -0.2) is 9.69 Å². The maximum Gasteiger partial charge on any atom is 0.422 e. The fourth-order valence-corrected chi connectivity index (χ4v) is 1.50. The van der Waals surface area contributed by atoms with E-state index in [-0.39, 0.29) is 23.0 Å². The van der Waals surface area contributed by atoms with Gasteiger partial charge in [-0.3, -0.25) is 9.59 Å². The van der Waals surface area contributed by atoms with E-state index >= 15 is 0 Å². The number of carboxylic acids is 1. The van der Waals surface area contributed by atoms with Gasteiger partial charge in [0.05, 0.1) is 0 Å². The molecule has 1 unspecified atom stereocenters. The van der Waals surface area contributed by atoms with Gasteiger partial charge >= 0.3 is 12.1 Å². The van der Waals surface area contributed by atoms with Crippen molar-refractivity contribution in [3.05, 3.63) is 11.1 Å². The van der Waals surface area contributed by atoms with E-state index in [1.807, 2.05) is 0 Å². The fraction of sp³-hybridized carbons (Fsp3) is 0.500. The lowest BCUT2D eigenvalue weighted by atomic mass is 9.99. The lowest BCUT2D eigenvalue weighted by molar-refractivity contribution is -0.229. The van der Waals surface area contributed by atoms with E-state index < -0.39 is 29.5 Å². The Morgan fingerprint density at radius 3 is 1.67 bits per heavy atom. The van der Waals surface area contributed by atoms with Gasteiger partial charge in [-0.15, -0.1) is 0 Å². The number of rotatable bonds is 2. The highest BCUT2D eigenvalue weighted by molar-refractivity contribution is 6.20. The molecule has 0 bridgehead atoms. The Morgan fingerprint density at radius 2 is 1.44 bits per heavy atom. The Morgan fingerprint density at radius 1 is 1.11 bits per heavy atom. The van der Waals surface area contributed by atoms with Crippen molar-refractivity contribution in [2.75, 3.05) is 0 Å². The fourth-order valence-electron chi connectivity index (χ4n) is 1.50. The zero-order valence-electron chi connectivity index (χ0n) is 9.75. The van der Waals surface area contributed by atoms with Gasteiger partial charge in [-0.2, -0.15) is 13.2 Å². The second-order valence-corrected chi connectivity index (χ2v) is 4.07. The summed E-state index contributed by atoms with van der Waals surface area (Å²) in [5, 5.41) is 8.75. The molecule has 0 saturated carbocycles. The summed E-state index contributed by atoms with van der Waals surface area (Å²) < 4.78 is 38.6. The van der Waals surface area contributed by atoms with Gasteiger partial charge in [0, 0.05) is 11.1 Å². The topological polar surface area (TPSA) is 74.7 Å². The molecule has 0 spiro atoms. The van der Waals surface area contributed by atoms with Gasteiger partial charge < -0.3 is 5.11 Å². The maximum atomic E-state index is 12.9. The van der Waals surface area contributed by atoms with E-state index in [2.05, 4.69) is 0 Å². The molecule has 1 aliphatic rings. The molecule has 0 aromatic carbocycles. The number of alkyl halides is 3. The van der Waals surface area contributed by atoms with Crippen molar-refractivity contribution in [2.24, 2.45) is 0 Å². The van der Waals surface area contributed by atoms with Crippen LogP contribution in [0, 0.1) is 0 Å². The van der Waals surface area contributed by atoms with E-state index in [0.717, 1.165) is 0 Å². The van der Waals surface area contributed by atoms with Crippen LogP contribution >= 0.6 is 0 Å². The lowest BCUT2D eigenvalue weighted by Crippen LogP contribution is -2.64. The van der Waals surface area contributed by atoms with Crippen LogP contribution in [0.4, 0.5) is 13.2 Å². The molecule has 2 amide bonds. The Balaban J connectivity index is 3.42. The van der Waals surface area contributed by atoms with Gasteiger partial charge in [-0.05, 0) is 20.8 Å². The largest absolute Gasteiger partial charge is 0.479 e. The number of hydrogen-bond acceptors (Lipinski definition) is 3. The Bertz CT molecular complexity index is 456. The molecular formula is C10H10F3NO4. The van der Waals surface area contributed by atoms with E-state index in [0.29, 0.717) is 0 Å². The zero-order chi connectivity index (χ0) is 14.5. The van der Waals surface area contributed by atoms with Gasteiger partial charge in [0.15, 0.2) is 0 Å². The number of halogens is 3.